The fourth-order valence-corrected chi connectivity index (χ4v) is 4.75. The molecule has 2 rings (SSSR count). The summed E-state index contributed by atoms with van der Waals surface area (Å²) in [5, 5.41) is 2.83. The Balaban J connectivity index is 2.41. The van der Waals surface area contributed by atoms with Crippen molar-refractivity contribution < 1.29 is 0 Å². The summed E-state index contributed by atoms with van der Waals surface area (Å²) >= 11 is 15.1. The van der Waals surface area contributed by atoms with Gasteiger partial charge in [0.05, 0.1) is 9.85 Å². The summed E-state index contributed by atoms with van der Waals surface area (Å²) in [4.78, 5) is 1.29. The van der Waals surface area contributed by atoms with E-state index in [2.05, 4.69) is 57.0 Å². The molecule has 0 aliphatic heterocycles. The molecule has 0 nitrogen and oxygen atoms in total. The molecule has 16 heavy (non-hydrogen) atoms. The maximum atomic E-state index is 6.13. The number of rotatable bonds is 2. The normalized spacial score (nSPS) is 12.8. The van der Waals surface area contributed by atoms with Gasteiger partial charge < -0.3 is 0 Å². The Bertz CT molecular complexity index is 507. The maximum Gasteiger partial charge on any atom is 0.0763 e. The molecule has 84 valence electrons. The van der Waals surface area contributed by atoms with Gasteiger partial charge in [-0.3, -0.25) is 0 Å². The standard InChI is InChI=1S/C12H9Br2ClS/c1-7-2-3-8(9(13)6-7)11(14)12-10(15)4-5-16-12/h2-6,11H,1H3. The first-order valence-electron chi connectivity index (χ1n) is 4.72. The molecule has 0 radical (unpaired) electrons. The summed E-state index contributed by atoms with van der Waals surface area (Å²) in [7, 11) is 0. The van der Waals surface area contributed by atoms with Gasteiger partial charge in [-0.1, -0.05) is 55.6 Å². The third-order valence-electron chi connectivity index (χ3n) is 2.30. The molecule has 0 fully saturated rings. The van der Waals surface area contributed by atoms with E-state index < -0.39 is 0 Å². The molecule has 0 bridgehead atoms. The van der Waals surface area contributed by atoms with Crippen LogP contribution in [0.15, 0.2) is 34.1 Å². The van der Waals surface area contributed by atoms with Crippen molar-refractivity contribution in [2.45, 2.75) is 11.8 Å². The van der Waals surface area contributed by atoms with Crippen LogP contribution in [0.1, 0.15) is 20.8 Å². The van der Waals surface area contributed by atoms with E-state index in [-0.39, 0.29) is 4.83 Å². The third kappa shape index (κ3) is 2.53. The van der Waals surface area contributed by atoms with E-state index in [1.54, 1.807) is 11.3 Å². The van der Waals surface area contributed by atoms with Gasteiger partial charge in [0.2, 0.25) is 0 Å². The molecule has 1 aromatic heterocycles. The van der Waals surface area contributed by atoms with Crippen molar-refractivity contribution in [2.75, 3.05) is 0 Å². The average Bonchev–Trinajstić information content (AvgIpc) is 2.63. The van der Waals surface area contributed by atoms with Gasteiger partial charge in [-0.05, 0) is 35.6 Å². The molecule has 1 atom stereocenters. The summed E-state index contributed by atoms with van der Waals surface area (Å²) in [6.07, 6.45) is 0. The zero-order chi connectivity index (χ0) is 11.7. The Morgan fingerprint density at radius 1 is 1.31 bits per heavy atom. The van der Waals surface area contributed by atoms with Gasteiger partial charge in [-0.15, -0.1) is 11.3 Å². The van der Waals surface area contributed by atoms with Crippen molar-refractivity contribution in [1.82, 2.24) is 0 Å². The Labute approximate surface area is 121 Å². The molecule has 0 saturated heterocycles. The number of hydrogen-bond acceptors (Lipinski definition) is 1. The van der Waals surface area contributed by atoms with Gasteiger partial charge in [-0.25, -0.2) is 0 Å². The van der Waals surface area contributed by atoms with Crippen LogP contribution < -0.4 is 0 Å². The highest BCUT2D eigenvalue weighted by Gasteiger charge is 2.17. The van der Waals surface area contributed by atoms with E-state index in [4.69, 9.17) is 11.6 Å². The zero-order valence-corrected chi connectivity index (χ0v) is 13.3. The van der Waals surface area contributed by atoms with Gasteiger partial charge in [0, 0.05) is 9.35 Å². The van der Waals surface area contributed by atoms with Crippen LogP contribution in [0.25, 0.3) is 0 Å². The smallest absolute Gasteiger partial charge is 0.0763 e. The largest absolute Gasteiger partial charge is 0.146 e. The zero-order valence-electron chi connectivity index (χ0n) is 8.51. The maximum absolute atomic E-state index is 6.13. The molecule has 0 spiro atoms. The van der Waals surface area contributed by atoms with Crippen LogP contribution in [0.3, 0.4) is 0 Å². The minimum atomic E-state index is 0.148. The number of hydrogen-bond donors (Lipinski definition) is 0. The van der Waals surface area contributed by atoms with Crippen LogP contribution in [0, 0.1) is 6.92 Å². The Morgan fingerprint density at radius 3 is 2.62 bits per heavy atom. The summed E-state index contributed by atoms with van der Waals surface area (Å²) < 4.78 is 1.11. The predicted molar refractivity (Wildman–Crippen MR) is 79.0 cm³/mol. The number of benzene rings is 1. The second-order valence-electron chi connectivity index (χ2n) is 3.52. The quantitative estimate of drug-likeness (QED) is 0.564. The van der Waals surface area contributed by atoms with E-state index >= 15 is 0 Å². The third-order valence-corrected chi connectivity index (χ3v) is 5.67. The monoisotopic (exact) mass is 378 g/mol. The van der Waals surface area contributed by atoms with Crippen LogP contribution >= 0.6 is 54.8 Å². The molecule has 1 unspecified atom stereocenters. The van der Waals surface area contributed by atoms with Gasteiger partial charge in [0.15, 0.2) is 0 Å². The van der Waals surface area contributed by atoms with Crippen molar-refractivity contribution in [3.8, 4) is 0 Å². The van der Waals surface area contributed by atoms with Gasteiger partial charge in [0.25, 0.3) is 0 Å². The molecule has 0 N–H and O–H groups in total. The summed E-state index contributed by atoms with van der Waals surface area (Å²) in [5.74, 6) is 0. The highest BCUT2D eigenvalue weighted by molar-refractivity contribution is 9.11. The van der Waals surface area contributed by atoms with Crippen molar-refractivity contribution in [3.05, 3.63) is 55.1 Å². The molecule has 2 aromatic rings. The van der Waals surface area contributed by atoms with Gasteiger partial charge in [-0.2, -0.15) is 0 Å². The van der Waals surface area contributed by atoms with Crippen LogP contribution in [0.2, 0.25) is 5.02 Å². The van der Waals surface area contributed by atoms with Crippen molar-refractivity contribution >= 4 is 54.8 Å². The Morgan fingerprint density at radius 2 is 2.06 bits per heavy atom. The van der Waals surface area contributed by atoms with Crippen molar-refractivity contribution in [3.63, 3.8) is 0 Å². The summed E-state index contributed by atoms with van der Waals surface area (Å²) in [5.41, 5.74) is 2.45. The van der Waals surface area contributed by atoms with Gasteiger partial charge >= 0.3 is 0 Å². The fraction of sp³-hybridized carbons (Fsp3) is 0.167. The van der Waals surface area contributed by atoms with Crippen LogP contribution in [0.4, 0.5) is 0 Å². The highest BCUT2D eigenvalue weighted by Crippen LogP contribution is 2.41. The van der Waals surface area contributed by atoms with Crippen molar-refractivity contribution in [2.24, 2.45) is 0 Å². The molecule has 1 heterocycles. The lowest BCUT2D eigenvalue weighted by Gasteiger charge is -2.11. The second-order valence-corrected chi connectivity index (χ2v) is 6.65. The number of thiophene rings is 1. The second kappa shape index (κ2) is 5.21. The van der Waals surface area contributed by atoms with E-state index in [0.29, 0.717) is 0 Å². The molecule has 0 aliphatic carbocycles. The molecule has 0 amide bonds. The summed E-state index contributed by atoms with van der Waals surface area (Å²) in [6, 6.07) is 8.27. The van der Waals surface area contributed by atoms with E-state index in [1.807, 2.05) is 11.4 Å². The minimum absolute atomic E-state index is 0.148. The molecular weight excluding hydrogens is 371 g/mol. The van der Waals surface area contributed by atoms with E-state index in [0.717, 1.165) is 14.4 Å². The number of aryl methyl sites for hydroxylation is 1. The SMILES string of the molecule is Cc1ccc(C(Br)c2sccc2Cl)c(Br)c1. The number of alkyl halides is 1. The molecular formula is C12H9Br2ClS. The molecule has 1 aromatic carbocycles. The first-order valence-corrected chi connectivity index (χ1v) is 7.69. The number of halogens is 3. The highest BCUT2D eigenvalue weighted by atomic mass is 79.9. The lowest BCUT2D eigenvalue weighted by atomic mass is 10.1. The average molecular weight is 381 g/mol. The molecule has 4 heteroatoms. The first kappa shape index (κ1) is 12.6. The van der Waals surface area contributed by atoms with Gasteiger partial charge in [0.1, 0.15) is 0 Å². The lowest BCUT2D eigenvalue weighted by Crippen LogP contribution is -1.92. The first-order chi connectivity index (χ1) is 7.59. The minimum Gasteiger partial charge on any atom is -0.146 e. The fourth-order valence-electron chi connectivity index (χ4n) is 1.47. The Hall–Kier alpha value is 0.170. The van der Waals surface area contributed by atoms with Crippen LogP contribution in [-0.2, 0) is 0 Å². The van der Waals surface area contributed by atoms with E-state index in [9.17, 15) is 0 Å². The van der Waals surface area contributed by atoms with E-state index in [1.165, 1.54) is 11.1 Å². The van der Waals surface area contributed by atoms with Crippen LogP contribution in [-0.4, -0.2) is 0 Å². The topological polar surface area (TPSA) is 0 Å². The van der Waals surface area contributed by atoms with Crippen LogP contribution in [0.5, 0.6) is 0 Å². The Kier molecular flexibility index (Phi) is 4.11. The predicted octanol–water partition coefficient (Wildman–Crippen LogP) is 5.96. The summed E-state index contributed by atoms with van der Waals surface area (Å²) in [6.45, 7) is 2.08. The molecule has 0 aliphatic rings. The lowest BCUT2D eigenvalue weighted by molar-refractivity contribution is 1.20. The van der Waals surface area contributed by atoms with Crippen molar-refractivity contribution in [1.29, 1.82) is 0 Å². The molecule has 0 saturated carbocycles.